The number of ether oxygens (including phenoxy) is 2. The number of nitrogens with zero attached hydrogens (tertiary/aromatic N) is 2. The van der Waals surface area contributed by atoms with Gasteiger partial charge in [-0.05, 0) is 48.6 Å². The van der Waals surface area contributed by atoms with Crippen LogP contribution in [0.15, 0.2) is 64.7 Å². The molecule has 9 nitrogen and oxygen atoms in total. The van der Waals surface area contributed by atoms with E-state index in [9.17, 15) is 14.9 Å². The Morgan fingerprint density at radius 3 is 2.76 bits per heavy atom. The molecule has 0 unspecified atom stereocenters. The molecule has 1 aromatic heterocycles. The number of halogens is 1. The van der Waals surface area contributed by atoms with Crippen molar-refractivity contribution in [3.8, 4) is 11.5 Å². The third-order valence-electron chi connectivity index (χ3n) is 4.66. The fraction of sp³-hybridized carbons (Fsp3) is 0.0909. The molecule has 1 aliphatic rings. The number of hydrogen-bond donors (Lipinski definition) is 1. The van der Waals surface area contributed by atoms with Crippen LogP contribution in [-0.4, -0.2) is 23.1 Å². The zero-order valence-electron chi connectivity index (χ0n) is 17.1. The van der Waals surface area contributed by atoms with Crippen molar-refractivity contribution in [1.29, 1.82) is 0 Å². The molecule has 0 radical (unpaired) electrons. The van der Waals surface area contributed by atoms with Gasteiger partial charge in [-0.25, -0.2) is 4.90 Å². The minimum absolute atomic E-state index is 0.0568. The average molecular weight is 486 g/mol. The first-order valence-corrected chi connectivity index (χ1v) is 10.3. The van der Waals surface area contributed by atoms with E-state index in [1.807, 2.05) is 0 Å². The van der Waals surface area contributed by atoms with Gasteiger partial charge in [0.05, 0.1) is 17.7 Å². The zero-order valence-corrected chi connectivity index (χ0v) is 18.7. The molecule has 0 bridgehead atoms. The normalized spacial score (nSPS) is 14.5. The Balaban J connectivity index is 1.49. The summed E-state index contributed by atoms with van der Waals surface area (Å²) in [4.78, 5) is 24.9. The Labute approximate surface area is 198 Å². The number of carbonyl (C=O) groups excluding carboxylic acids is 1. The summed E-state index contributed by atoms with van der Waals surface area (Å²) in [6.07, 6.45) is 1.51. The predicted molar refractivity (Wildman–Crippen MR) is 125 cm³/mol. The minimum Gasteiger partial charge on any atom is -0.495 e. The molecule has 2 aromatic carbocycles. The van der Waals surface area contributed by atoms with Gasteiger partial charge in [0.2, 0.25) is 0 Å². The molecule has 3 aromatic rings. The van der Waals surface area contributed by atoms with Crippen molar-refractivity contribution in [3.63, 3.8) is 0 Å². The van der Waals surface area contributed by atoms with Crippen molar-refractivity contribution >= 4 is 52.3 Å². The van der Waals surface area contributed by atoms with Gasteiger partial charge < -0.3 is 19.2 Å². The number of para-hydroxylation sites is 2. The molecule has 33 heavy (non-hydrogen) atoms. The summed E-state index contributed by atoms with van der Waals surface area (Å²) < 4.78 is 16.5. The number of rotatable bonds is 7. The van der Waals surface area contributed by atoms with Crippen molar-refractivity contribution in [3.05, 3.63) is 87.0 Å². The third kappa shape index (κ3) is 4.66. The van der Waals surface area contributed by atoms with Crippen LogP contribution in [0.25, 0.3) is 6.08 Å². The van der Waals surface area contributed by atoms with Crippen LogP contribution in [0.5, 0.6) is 11.5 Å². The predicted octanol–water partition coefficient (Wildman–Crippen LogP) is 4.69. The summed E-state index contributed by atoms with van der Waals surface area (Å²) in [5.41, 5.74) is 0.493. The Hall–Kier alpha value is -3.89. The van der Waals surface area contributed by atoms with E-state index in [0.29, 0.717) is 23.0 Å². The number of hydrogen-bond acceptors (Lipinski definition) is 7. The second kappa shape index (κ2) is 9.31. The van der Waals surface area contributed by atoms with Crippen LogP contribution in [0.1, 0.15) is 11.5 Å². The number of methoxy groups -OCH3 is 1. The molecule has 1 amide bonds. The molecule has 0 atom stereocenters. The molecule has 0 aliphatic carbocycles. The van der Waals surface area contributed by atoms with Gasteiger partial charge in [0.15, 0.2) is 10.9 Å². The van der Waals surface area contributed by atoms with Crippen molar-refractivity contribution in [1.82, 2.24) is 5.32 Å². The number of nitro benzene ring substituents is 1. The first-order valence-electron chi connectivity index (χ1n) is 9.53. The maximum atomic E-state index is 12.9. The van der Waals surface area contributed by atoms with Crippen molar-refractivity contribution in [2.75, 3.05) is 12.0 Å². The highest BCUT2D eigenvalue weighted by Gasteiger charge is 2.33. The molecule has 2 heterocycles. The van der Waals surface area contributed by atoms with E-state index in [0.717, 1.165) is 0 Å². The number of anilines is 1. The summed E-state index contributed by atoms with van der Waals surface area (Å²) in [5.74, 6) is 0.979. The molecule has 0 spiro atoms. The van der Waals surface area contributed by atoms with Crippen molar-refractivity contribution < 1.29 is 23.6 Å². The number of furan rings is 1. The second-order valence-corrected chi connectivity index (χ2v) is 7.59. The fourth-order valence-corrected chi connectivity index (χ4v) is 3.62. The van der Waals surface area contributed by atoms with E-state index >= 15 is 0 Å². The number of nitro groups is 1. The smallest absolute Gasteiger partial charge is 0.312 e. The Morgan fingerprint density at radius 1 is 1.21 bits per heavy atom. The van der Waals surface area contributed by atoms with Gasteiger partial charge in [0, 0.05) is 17.2 Å². The van der Waals surface area contributed by atoms with Gasteiger partial charge in [0.25, 0.3) is 5.91 Å². The molecule has 1 fully saturated rings. The topological polar surface area (TPSA) is 107 Å². The largest absolute Gasteiger partial charge is 0.495 e. The Bertz CT molecular complexity index is 1290. The number of nitrogens with one attached hydrogen (secondary N) is 1. The number of benzene rings is 2. The highest BCUT2D eigenvalue weighted by molar-refractivity contribution is 7.80. The molecule has 0 saturated carbocycles. The molecular formula is C22H16ClN3O6S. The van der Waals surface area contributed by atoms with Gasteiger partial charge in [0.1, 0.15) is 29.6 Å². The molecule has 11 heteroatoms. The molecule has 1 aliphatic heterocycles. The van der Waals surface area contributed by atoms with Gasteiger partial charge in [-0.1, -0.05) is 23.7 Å². The summed E-state index contributed by atoms with van der Waals surface area (Å²) in [5, 5.41) is 14.5. The molecule has 168 valence electrons. The summed E-state index contributed by atoms with van der Waals surface area (Å²) in [6.45, 7) is -0.0568. The van der Waals surface area contributed by atoms with Gasteiger partial charge in [-0.3, -0.25) is 14.9 Å². The molecule has 1 saturated heterocycles. The van der Waals surface area contributed by atoms with Gasteiger partial charge in [-0.2, -0.15) is 0 Å². The zero-order chi connectivity index (χ0) is 23.5. The van der Waals surface area contributed by atoms with E-state index in [4.69, 9.17) is 37.7 Å². The summed E-state index contributed by atoms with van der Waals surface area (Å²) in [7, 11) is 1.51. The minimum atomic E-state index is -0.576. The molecule has 4 rings (SSSR count). The van der Waals surface area contributed by atoms with Crippen LogP contribution in [0.3, 0.4) is 0 Å². The second-order valence-electron chi connectivity index (χ2n) is 6.76. The maximum Gasteiger partial charge on any atom is 0.312 e. The summed E-state index contributed by atoms with van der Waals surface area (Å²) >= 11 is 11.1. The third-order valence-corrected chi connectivity index (χ3v) is 5.18. The van der Waals surface area contributed by atoms with Crippen LogP contribution in [-0.2, 0) is 11.4 Å². The van der Waals surface area contributed by atoms with Crippen LogP contribution < -0.4 is 19.7 Å². The number of thiocarbonyl (C=S) groups is 1. The standard InChI is InChI=1S/C22H16ClN3O6S/c1-30-19-5-3-2-4-17(19)25-21(27)16(24-22(25)33)11-14-7-8-15(32-14)12-31-20-9-6-13(23)10-18(20)26(28)29/h2-11H,12H2,1H3,(H,24,33)/b16-11+. The van der Waals surface area contributed by atoms with Crippen LogP contribution >= 0.6 is 23.8 Å². The lowest BCUT2D eigenvalue weighted by Gasteiger charge is -2.17. The average Bonchev–Trinajstić information content (AvgIpc) is 3.36. The van der Waals surface area contributed by atoms with E-state index in [-0.39, 0.29) is 39.8 Å². The monoisotopic (exact) mass is 485 g/mol. The highest BCUT2D eigenvalue weighted by Crippen LogP contribution is 2.32. The van der Waals surface area contributed by atoms with Crippen LogP contribution in [0.4, 0.5) is 11.4 Å². The lowest BCUT2D eigenvalue weighted by molar-refractivity contribution is -0.385. The van der Waals surface area contributed by atoms with Gasteiger partial charge in [-0.15, -0.1) is 0 Å². The Morgan fingerprint density at radius 2 is 2.00 bits per heavy atom. The molecule has 1 N–H and O–H groups in total. The van der Waals surface area contributed by atoms with Crippen LogP contribution in [0.2, 0.25) is 5.02 Å². The van der Waals surface area contributed by atoms with E-state index in [1.165, 1.54) is 36.3 Å². The Kier molecular flexibility index (Phi) is 6.29. The van der Waals surface area contributed by atoms with E-state index in [2.05, 4.69) is 5.32 Å². The highest BCUT2D eigenvalue weighted by atomic mass is 35.5. The lowest BCUT2D eigenvalue weighted by atomic mass is 10.2. The van der Waals surface area contributed by atoms with Crippen molar-refractivity contribution in [2.45, 2.75) is 6.61 Å². The fourth-order valence-electron chi connectivity index (χ4n) is 3.16. The van der Waals surface area contributed by atoms with E-state index < -0.39 is 4.92 Å². The number of carbonyl (C=O) groups is 1. The van der Waals surface area contributed by atoms with Crippen molar-refractivity contribution in [2.24, 2.45) is 0 Å². The maximum absolute atomic E-state index is 12.9. The van der Waals surface area contributed by atoms with E-state index in [1.54, 1.807) is 36.4 Å². The summed E-state index contributed by atoms with van der Waals surface area (Å²) in [6, 6.07) is 14.4. The van der Waals surface area contributed by atoms with Gasteiger partial charge >= 0.3 is 5.69 Å². The first-order chi connectivity index (χ1) is 15.9. The molecular weight excluding hydrogens is 470 g/mol. The SMILES string of the molecule is COc1ccccc1N1C(=O)/C(=C\c2ccc(COc3ccc(Cl)cc3[N+](=O)[O-])o2)NC1=S. The van der Waals surface area contributed by atoms with Crippen LogP contribution in [0, 0.1) is 10.1 Å². The lowest BCUT2D eigenvalue weighted by Crippen LogP contribution is -2.30. The quantitative estimate of drug-likeness (QED) is 0.222. The first kappa shape index (κ1) is 22.3. The number of amides is 1.